The summed E-state index contributed by atoms with van der Waals surface area (Å²) in [5, 5.41) is 14.6. The maximum Gasteiger partial charge on any atom is 0.325 e. The Morgan fingerprint density at radius 2 is 1.74 bits per heavy atom. The van der Waals surface area contributed by atoms with Crippen molar-refractivity contribution in [2.75, 3.05) is 24.2 Å². The minimum Gasteiger partial charge on any atom is -0.307 e. The fraction of sp³-hybridized carbons (Fsp3) is 0.360. The van der Waals surface area contributed by atoms with Crippen LogP contribution >= 0.6 is 11.8 Å². The maximum atomic E-state index is 12.5. The summed E-state index contributed by atoms with van der Waals surface area (Å²) in [4.78, 5) is 27.2. The van der Waals surface area contributed by atoms with Crippen LogP contribution in [0.1, 0.15) is 35.4 Å². The number of imide groups is 1. The molecule has 0 bridgehead atoms. The molecule has 0 aliphatic carbocycles. The van der Waals surface area contributed by atoms with Crippen LogP contribution in [0.15, 0.2) is 53.7 Å². The number of benzene rings is 2. The van der Waals surface area contributed by atoms with Crippen molar-refractivity contribution >= 4 is 29.4 Å². The zero-order valence-corrected chi connectivity index (χ0v) is 20.4. The van der Waals surface area contributed by atoms with Crippen molar-refractivity contribution in [2.45, 2.75) is 44.9 Å². The summed E-state index contributed by atoms with van der Waals surface area (Å²) in [5.74, 6) is 0.570. The smallest absolute Gasteiger partial charge is 0.307 e. The van der Waals surface area contributed by atoms with Crippen LogP contribution in [0.5, 0.6) is 0 Å². The highest BCUT2D eigenvalue weighted by Gasteiger charge is 2.20. The van der Waals surface area contributed by atoms with Gasteiger partial charge in [-0.25, -0.2) is 4.79 Å². The fourth-order valence-electron chi connectivity index (χ4n) is 3.94. The molecule has 0 radical (unpaired) electrons. The Bertz CT molecular complexity index is 1140. The van der Waals surface area contributed by atoms with Crippen LogP contribution in [0.3, 0.4) is 0 Å². The lowest BCUT2D eigenvalue weighted by molar-refractivity contribution is -0.117. The molecule has 4 rings (SSSR count). The molecule has 2 aromatic carbocycles. The second-order valence-corrected chi connectivity index (χ2v) is 9.43. The molecular formula is C25H30N6O2S. The highest BCUT2D eigenvalue weighted by Crippen LogP contribution is 2.21. The van der Waals surface area contributed by atoms with E-state index in [-0.39, 0.29) is 11.7 Å². The number of carbonyl (C=O) groups is 2. The minimum atomic E-state index is -0.542. The highest BCUT2D eigenvalue weighted by atomic mass is 32.2. The summed E-state index contributed by atoms with van der Waals surface area (Å²) in [5.41, 5.74) is 3.87. The Balaban J connectivity index is 1.39. The minimum absolute atomic E-state index is 0.0663. The van der Waals surface area contributed by atoms with Crippen molar-refractivity contribution in [3.63, 3.8) is 0 Å². The van der Waals surface area contributed by atoms with E-state index in [0.717, 1.165) is 42.1 Å². The zero-order chi connectivity index (χ0) is 23.9. The quantitative estimate of drug-likeness (QED) is 0.476. The average molecular weight is 479 g/mol. The van der Waals surface area contributed by atoms with E-state index in [2.05, 4.69) is 42.4 Å². The van der Waals surface area contributed by atoms with Gasteiger partial charge in [0.05, 0.1) is 18.8 Å². The molecule has 3 aromatic rings. The molecule has 8 nitrogen and oxygen atoms in total. The van der Waals surface area contributed by atoms with Gasteiger partial charge in [-0.3, -0.25) is 15.0 Å². The number of nitrogens with zero attached hydrogens (tertiary/aromatic N) is 4. The van der Waals surface area contributed by atoms with Crippen molar-refractivity contribution in [1.82, 2.24) is 25.0 Å². The van der Waals surface area contributed by atoms with Crippen molar-refractivity contribution < 1.29 is 9.59 Å². The van der Waals surface area contributed by atoms with Gasteiger partial charge >= 0.3 is 6.03 Å². The summed E-state index contributed by atoms with van der Waals surface area (Å²) in [6.07, 6.45) is 2.41. The number of rotatable bonds is 8. The summed E-state index contributed by atoms with van der Waals surface area (Å²) >= 11 is 1.29. The van der Waals surface area contributed by atoms with E-state index >= 15 is 0 Å². The largest absolute Gasteiger partial charge is 0.325 e. The van der Waals surface area contributed by atoms with Gasteiger partial charge < -0.3 is 9.88 Å². The first-order chi connectivity index (χ1) is 16.5. The number of urea groups is 1. The SMILES string of the molecule is Cc1cccc(NC(=O)NC(=O)CSc2nnc(CN3CCCC3)n2Cc2ccccc2)c1C. The number of anilines is 1. The summed E-state index contributed by atoms with van der Waals surface area (Å²) in [6, 6.07) is 15.3. The van der Waals surface area contributed by atoms with Crippen molar-refractivity contribution in [2.24, 2.45) is 0 Å². The van der Waals surface area contributed by atoms with E-state index in [4.69, 9.17) is 0 Å². The molecule has 2 heterocycles. The molecule has 1 aliphatic heterocycles. The lowest BCUT2D eigenvalue weighted by atomic mass is 10.1. The average Bonchev–Trinajstić information content (AvgIpc) is 3.47. The highest BCUT2D eigenvalue weighted by molar-refractivity contribution is 7.99. The lowest BCUT2D eigenvalue weighted by Crippen LogP contribution is -2.35. The van der Waals surface area contributed by atoms with Crippen LogP contribution in [0.25, 0.3) is 0 Å². The van der Waals surface area contributed by atoms with E-state index in [1.807, 2.05) is 50.2 Å². The van der Waals surface area contributed by atoms with Crippen LogP contribution in [0.4, 0.5) is 10.5 Å². The molecule has 2 N–H and O–H groups in total. The number of thioether (sulfide) groups is 1. The van der Waals surface area contributed by atoms with E-state index in [0.29, 0.717) is 17.4 Å². The predicted molar refractivity (Wildman–Crippen MR) is 134 cm³/mol. The first-order valence-corrected chi connectivity index (χ1v) is 12.5. The van der Waals surface area contributed by atoms with Crippen LogP contribution in [0, 0.1) is 13.8 Å². The van der Waals surface area contributed by atoms with Gasteiger partial charge in [0.25, 0.3) is 0 Å². The number of amides is 3. The van der Waals surface area contributed by atoms with Crippen LogP contribution < -0.4 is 10.6 Å². The van der Waals surface area contributed by atoms with Gasteiger partial charge in [-0.05, 0) is 62.5 Å². The monoisotopic (exact) mass is 478 g/mol. The van der Waals surface area contributed by atoms with Crippen LogP contribution in [-0.2, 0) is 17.9 Å². The Labute approximate surface area is 204 Å². The molecule has 1 saturated heterocycles. The fourth-order valence-corrected chi connectivity index (χ4v) is 4.70. The first-order valence-electron chi connectivity index (χ1n) is 11.5. The summed E-state index contributed by atoms with van der Waals surface area (Å²) in [6.45, 7) is 7.42. The molecule has 34 heavy (non-hydrogen) atoms. The number of nitrogens with one attached hydrogen (secondary N) is 2. The van der Waals surface area contributed by atoms with Gasteiger partial charge in [-0.1, -0.05) is 54.2 Å². The number of likely N-dealkylation sites (tertiary alicyclic amines) is 1. The Morgan fingerprint density at radius 3 is 2.50 bits per heavy atom. The van der Waals surface area contributed by atoms with Crippen LogP contribution in [0.2, 0.25) is 0 Å². The molecule has 1 aliphatic rings. The molecule has 0 spiro atoms. The molecular weight excluding hydrogens is 448 g/mol. The van der Waals surface area contributed by atoms with Crippen molar-refractivity contribution in [3.05, 3.63) is 71.0 Å². The van der Waals surface area contributed by atoms with Gasteiger partial charge in [0, 0.05) is 5.69 Å². The molecule has 1 aromatic heterocycles. The Hall–Kier alpha value is -3.17. The van der Waals surface area contributed by atoms with E-state index in [1.165, 1.54) is 24.6 Å². The number of aromatic nitrogens is 3. The van der Waals surface area contributed by atoms with Crippen molar-refractivity contribution in [1.29, 1.82) is 0 Å². The predicted octanol–water partition coefficient (Wildman–Crippen LogP) is 3.98. The molecule has 9 heteroatoms. The van der Waals surface area contributed by atoms with Gasteiger partial charge in [0.1, 0.15) is 5.82 Å². The third-order valence-corrected chi connectivity index (χ3v) is 6.95. The second-order valence-electron chi connectivity index (χ2n) is 8.49. The van der Waals surface area contributed by atoms with Gasteiger partial charge in [0.15, 0.2) is 5.16 Å². The molecule has 178 valence electrons. The Kier molecular flexibility index (Phi) is 7.97. The normalized spacial score (nSPS) is 13.7. The van der Waals surface area contributed by atoms with E-state index in [9.17, 15) is 9.59 Å². The summed E-state index contributed by atoms with van der Waals surface area (Å²) in [7, 11) is 0. The van der Waals surface area contributed by atoms with Gasteiger partial charge in [-0.15, -0.1) is 10.2 Å². The molecule has 0 unspecified atom stereocenters. The van der Waals surface area contributed by atoms with E-state index in [1.54, 1.807) is 0 Å². The molecule has 1 fully saturated rings. The van der Waals surface area contributed by atoms with Crippen molar-refractivity contribution in [3.8, 4) is 0 Å². The Morgan fingerprint density at radius 1 is 0.971 bits per heavy atom. The molecule has 0 atom stereocenters. The number of carbonyl (C=O) groups excluding carboxylic acids is 2. The molecule has 0 saturated carbocycles. The third kappa shape index (κ3) is 6.24. The number of aryl methyl sites for hydroxylation is 1. The third-order valence-electron chi connectivity index (χ3n) is 5.98. The van der Waals surface area contributed by atoms with Gasteiger partial charge in [0.2, 0.25) is 5.91 Å². The number of hydrogen-bond donors (Lipinski definition) is 2. The maximum absolute atomic E-state index is 12.5. The van der Waals surface area contributed by atoms with Crippen LogP contribution in [-0.4, -0.2) is 50.4 Å². The first kappa shape index (κ1) is 24.0. The zero-order valence-electron chi connectivity index (χ0n) is 19.6. The standard InChI is InChI=1S/C25H30N6O2S/c1-18-9-8-12-21(19(18)2)26-24(33)27-23(32)17-34-25-29-28-22(16-30-13-6-7-14-30)31(25)15-20-10-4-3-5-11-20/h3-5,8-12H,6-7,13-17H2,1-2H3,(H2,26,27,32,33). The second kappa shape index (κ2) is 11.3. The van der Waals surface area contributed by atoms with Gasteiger partial charge in [-0.2, -0.15) is 0 Å². The van der Waals surface area contributed by atoms with E-state index < -0.39 is 6.03 Å². The number of hydrogen-bond acceptors (Lipinski definition) is 6. The lowest BCUT2D eigenvalue weighted by Gasteiger charge is -2.16. The summed E-state index contributed by atoms with van der Waals surface area (Å²) < 4.78 is 2.07. The molecule has 3 amide bonds. The topological polar surface area (TPSA) is 92.2 Å².